The van der Waals surface area contributed by atoms with Crippen LogP contribution >= 0.6 is 30.8 Å². The second-order valence-corrected chi connectivity index (χ2v) is 6.50. The summed E-state index contributed by atoms with van der Waals surface area (Å²) in [6.45, 7) is -0.226. The number of benzene rings is 1. The van der Waals surface area contributed by atoms with Gasteiger partial charge >= 0.3 is 13.4 Å². The van der Waals surface area contributed by atoms with Crippen molar-refractivity contribution in [3.05, 3.63) is 46.0 Å². The molecule has 0 aromatic heterocycles. The van der Waals surface area contributed by atoms with Crippen molar-refractivity contribution in [1.82, 2.24) is 0 Å². The molecular formula is C11H14Cl2NO5P. The Balaban J connectivity index is 3.11. The van der Waals surface area contributed by atoms with Crippen LogP contribution in [0.5, 0.6) is 0 Å². The second kappa shape index (κ2) is 8.60. The first-order chi connectivity index (χ1) is 9.55. The monoisotopic (exact) mass is 341 g/mol. The van der Waals surface area contributed by atoms with Crippen LogP contribution in [0.4, 0.5) is 0 Å². The van der Waals surface area contributed by atoms with Crippen molar-refractivity contribution in [3.8, 4) is 0 Å². The molecule has 0 aliphatic heterocycles. The van der Waals surface area contributed by atoms with Crippen LogP contribution in [0.1, 0.15) is 11.3 Å². The quantitative estimate of drug-likeness (QED) is 0.296. The van der Waals surface area contributed by atoms with Gasteiger partial charge in [-0.05, 0) is 0 Å². The van der Waals surface area contributed by atoms with Gasteiger partial charge in [-0.25, -0.2) is 0 Å². The van der Waals surface area contributed by atoms with E-state index in [1.54, 1.807) is 18.2 Å². The first-order valence-corrected chi connectivity index (χ1v) is 8.42. The van der Waals surface area contributed by atoms with Gasteiger partial charge in [0, 0.05) is 22.2 Å². The van der Waals surface area contributed by atoms with E-state index >= 15 is 0 Å². The molecule has 0 saturated heterocycles. The van der Waals surface area contributed by atoms with Crippen molar-refractivity contribution < 1.29 is 18.5 Å². The lowest BCUT2D eigenvalue weighted by atomic mass is 10.2. The van der Waals surface area contributed by atoms with Gasteiger partial charge < -0.3 is 9.05 Å². The minimum absolute atomic E-state index is 0.0491. The predicted molar refractivity (Wildman–Crippen MR) is 77.1 cm³/mol. The third-order valence-electron chi connectivity index (χ3n) is 2.29. The maximum absolute atomic E-state index is 12.7. The summed E-state index contributed by atoms with van der Waals surface area (Å²) in [5.74, 6) is -1.50. The zero-order valence-corrected chi connectivity index (χ0v) is 12.9. The summed E-state index contributed by atoms with van der Waals surface area (Å²) in [4.78, 5) is 10.6. The van der Waals surface area contributed by atoms with E-state index in [0.717, 1.165) is 0 Å². The molecule has 0 heterocycles. The van der Waals surface area contributed by atoms with E-state index in [1.807, 2.05) is 0 Å². The van der Waals surface area contributed by atoms with Crippen LogP contribution < -0.4 is 0 Å². The van der Waals surface area contributed by atoms with E-state index < -0.39 is 18.3 Å². The van der Waals surface area contributed by atoms with Gasteiger partial charge in [0.2, 0.25) is 0 Å². The van der Waals surface area contributed by atoms with Crippen LogP contribution in [0.25, 0.3) is 0 Å². The fourth-order valence-electron chi connectivity index (χ4n) is 1.55. The first-order valence-electron chi connectivity index (χ1n) is 5.74. The average molecular weight is 342 g/mol. The Hall–Kier alpha value is -0.650. The molecule has 1 unspecified atom stereocenters. The molecule has 0 amide bonds. The average Bonchev–Trinajstić information content (AvgIpc) is 2.44. The molecule has 0 fully saturated rings. The molecular weight excluding hydrogens is 328 g/mol. The normalized spacial score (nSPS) is 13.1. The third kappa shape index (κ3) is 4.72. The summed E-state index contributed by atoms with van der Waals surface area (Å²) >= 11 is 10.9. The van der Waals surface area contributed by atoms with Gasteiger partial charge in [0.15, 0.2) is 0 Å². The molecule has 0 aliphatic carbocycles. The molecule has 0 radical (unpaired) electrons. The molecule has 1 rings (SSSR count). The van der Waals surface area contributed by atoms with E-state index in [-0.39, 0.29) is 30.5 Å². The smallest absolute Gasteiger partial charge is 0.302 e. The number of nitro groups is 1. The molecule has 1 aromatic carbocycles. The second-order valence-electron chi connectivity index (χ2n) is 3.65. The van der Waals surface area contributed by atoms with Crippen LogP contribution in [0.2, 0.25) is 0 Å². The maximum Gasteiger partial charge on any atom is 0.408 e. The summed E-state index contributed by atoms with van der Waals surface area (Å²) in [5.41, 5.74) is 0.241. The first kappa shape index (κ1) is 17.4. The largest absolute Gasteiger partial charge is 0.408 e. The molecule has 1 atom stereocenters. The van der Waals surface area contributed by atoms with Crippen molar-refractivity contribution in [2.75, 3.05) is 25.0 Å². The summed E-state index contributed by atoms with van der Waals surface area (Å²) in [6.07, 6.45) is 0. The van der Waals surface area contributed by atoms with Crippen LogP contribution in [-0.4, -0.2) is 29.9 Å². The fourth-order valence-corrected chi connectivity index (χ4v) is 3.73. The molecule has 9 heteroatoms. The Bertz CT molecular complexity index is 461. The Labute approximate surface area is 126 Å². The van der Waals surface area contributed by atoms with Crippen molar-refractivity contribution in [3.63, 3.8) is 0 Å². The van der Waals surface area contributed by atoms with Crippen LogP contribution in [-0.2, 0) is 13.6 Å². The fraction of sp³-hybridized carbons (Fsp3) is 0.455. The van der Waals surface area contributed by atoms with Gasteiger partial charge in [0.25, 0.3) is 0 Å². The highest BCUT2D eigenvalue weighted by Crippen LogP contribution is 2.61. The number of alkyl halides is 2. The van der Waals surface area contributed by atoms with Crippen molar-refractivity contribution in [2.45, 2.75) is 5.78 Å². The van der Waals surface area contributed by atoms with Gasteiger partial charge in [-0.3, -0.25) is 14.7 Å². The molecule has 0 spiro atoms. The van der Waals surface area contributed by atoms with E-state index in [0.29, 0.717) is 0 Å². The van der Waals surface area contributed by atoms with Crippen molar-refractivity contribution >= 4 is 30.8 Å². The number of hydrogen-bond donors (Lipinski definition) is 0. The lowest BCUT2D eigenvalue weighted by Gasteiger charge is -2.21. The molecule has 0 bridgehead atoms. The minimum atomic E-state index is -4.01. The zero-order chi connectivity index (χ0) is 15.0. The summed E-state index contributed by atoms with van der Waals surface area (Å²) in [7, 11) is -4.01. The van der Waals surface area contributed by atoms with Gasteiger partial charge in [-0.2, -0.15) is 0 Å². The van der Waals surface area contributed by atoms with E-state index in [2.05, 4.69) is 0 Å². The van der Waals surface area contributed by atoms with Crippen LogP contribution in [0, 0.1) is 10.1 Å². The lowest BCUT2D eigenvalue weighted by Crippen LogP contribution is -2.16. The zero-order valence-electron chi connectivity index (χ0n) is 10.5. The standard InChI is InChI=1S/C11H14Cl2NO5P/c12-6-8-18-20(17,19-9-7-13)11(14(15)16)10-4-2-1-3-5-10/h1-5,11H,6-9H2. The van der Waals surface area contributed by atoms with Gasteiger partial charge in [-0.15, -0.1) is 23.2 Å². The summed E-state index contributed by atoms with van der Waals surface area (Å²) in [6, 6.07) is 7.91. The minimum Gasteiger partial charge on any atom is -0.302 e. The Morgan fingerprint density at radius 3 is 2.05 bits per heavy atom. The highest BCUT2D eigenvalue weighted by atomic mass is 35.5. The van der Waals surface area contributed by atoms with Crippen LogP contribution in [0.3, 0.4) is 0 Å². The number of halogens is 2. The number of rotatable bonds is 9. The van der Waals surface area contributed by atoms with Crippen LogP contribution in [0.15, 0.2) is 30.3 Å². The molecule has 0 aliphatic rings. The SMILES string of the molecule is O=[N+]([O-])C(c1ccccc1)P(=O)(OCCCl)OCCCl. The molecule has 0 saturated carbocycles. The number of nitrogens with zero attached hydrogens (tertiary/aromatic N) is 1. The third-order valence-corrected chi connectivity index (χ3v) is 4.77. The van der Waals surface area contributed by atoms with Crippen molar-refractivity contribution in [2.24, 2.45) is 0 Å². The topological polar surface area (TPSA) is 78.7 Å². The Kier molecular flexibility index (Phi) is 7.48. The van der Waals surface area contributed by atoms with Crippen molar-refractivity contribution in [1.29, 1.82) is 0 Å². The molecule has 0 N–H and O–H groups in total. The number of hydrogen-bond acceptors (Lipinski definition) is 5. The van der Waals surface area contributed by atoms with E-state index in [4.69, 9.17) is 32.2 Å². The molecule has 6 nitrogen and oxygen atoms in total. The van der Waals surface area contributed by atoms with Gasteiger partial charge in [0.05, 0.1) is 13.2 Å². The maximum atomic E-state index is 12.7. The summed E-state index contributed by atoms with van der Waals surface area (Å²) < 4.78 is 22.8. The highest BCUT2D eigenvalue weighted by molar-refractivity contribution is 7.54. The lowest BCUT2D eigenvalue weighted by molar-refractivity contribution is -0.507. The van der Waals surface area contributed by atoms with E-state index in [9.17, 15) is 14.7 Å². The van der Waals surface area contributed by atoms with Gasteiger partial charge in [0.1, 0.15) is 0 Å². The summed E-state index contributed by atoms with van der Waals surface area (Å²) in [5, 5.41) is 11.3. The van der Waals surface area contributed by atoms with Gasteiger partial charge in [-0.1, -0.05) is 30.3 Å². The molecule has 1 aromatic rings. The Morgan fingerprint density at radius 1 is 1.15 bits per heavy atom. The Morgan fingerprint density at radius 2 is 1.65 bits per heavy atom. The highest BCUT2D eigenvalue weighted by Gasteiger charge is 2.47. The molecule has 20 heavy (non-hydrogen) atoms. The molecule has 112 valence electrons. The predicted octanol–water partition coefficient (Wildman–Crippen LogP) is 3.67. The van der Waals surface area contributed by atoms with E-state index in [1.165, 1.54) is 12.1 Å².